The van der Waals surface area contributed by atoms with E-state index in [0.29, 0.717) is 12.1 Å². The Hall–Kier alpha value is -1.26. The van der Waals surface area contributed by atoms with Crippen LogP contribution in [-0.2, 0) is 0 Å². The summed E-state index contributed by atoms with van der Waals surface area (Å²) < 4.78 is 0. The summed E-state index contributed by atoms with van der Waals surface area (Å²) in [6.45, 7) is 0. The Morgan fingerprint density at radius 2 is 1.08 bits per heavy atom. The van der Waals surface area contributed by atoms with Crippen LogP contribution >= 0.6 is 0 Å². The van der Waals surface area contributed by atoms with Crippen molar-refractivity contribution in [1.29, 1.82) is 0 Å². The van der Waals surface area contributed by atoms with Crippen molar-refractivity contribution in [2.45, 2.75) is 114 Å². The molecule has 0 spiro atoms. The summed E-state index contributed by atoms with van der Waals surface area (Å²) in [4.78, 5) is 27.3. The van der Waals surface area contributed by atoms with Crippen molar-refractivity contribution in [3.63, 3.8) is 0 Å². The minimum atomic E-state index is -0.298. The number of nitrogens with one attached hydrogen (secondary N) is 2. The molecular formula is C20H35N3O2. The monoisotopic (exact) mass is 349 g/mol. The maximum Gasteiger partial charge on any atom is 0.325 e. The fourth-order valence-electron chi connectivity index (χ4n) is 4.98. The SMILES string of the molecule is O=C(NC(=O)N(C1CCCCC1)C1CCCCC1)NC1CCCCC1. The lowest BCUT2D eigenvalue weighted by atomic mass is 9.89. The van der Waals surface area contributed by atoms with Crippen LogP contribution in [-0.4, -0.2) is 35.1 Å². The van der Waals surface area contributed by atoms with Crippen LogP contribution in [0, 0.1) is 0 Å². The molecule has 0 atom stereocenters. The molecule has 142 valence electrons. The highest BCUT2D eigenvalue weighted by Gasteiger charge is 2.33. The largest absolute Gasteiger partial charge is 0.335 e. The van der Waals surface area contributed by atoms with Gasteiger partial charge in [0.05, 0.1) is 0 Å². The van der Waals surface area contributed by atoms with E-state index < -0.39 is 0 Å². The van der Waals surface area contributed by atoms with Crippen LogP contribution in [0.1, 0.15) is 96.3 Å². The molecule has 3 aliphatic carbocycles. The number of imide groups is 1. The van der Waals surface area contributed by atoms with E-state index in [2.05, 4.69) is 15.5 Å². The van der Waals surface area contributed by atoms with Gasteiger partial charge in [0.15, 0.2) is 0 Å². The van der Waals surface area contributed by atoms with Crippen LogP contribution in [0.3, 0.4) is 0 Å². The van der Waals surface area contributed by atoms with Gasteiger partial charge in [-0.2, -0.15) is 0 Å². The lowest BCUT2D eigenvalue weighted by Crippen LogP contribution is -2.56. The Morgan fingerprint density at radius 1 is 0.640 bits per heavy atom. The predicted octanol–water partition coefficient (Wildman–Crippen LogP) is 4.71. The van der Waals surface area contributed by atoms with Crippen molar-refractivity contribution in [2.24, 2.45) is 0 Å². The van der Waals surface area contributed by atoms with E-state index >= 15 is 0 Å². The summed E-state index contributed by atoms with van der Waals surface area (Å²) in [7, 11) is 0. The summed E-state index contributed by atoms with van der Waals surface area (Å²) in [6.07, 6.45) is 17.4. The lowest BCUT2D eigenvalue weighted by Gasteiger charge is -2.41. The highest BCUT2D eigenvalue weighted by Crippen LogP contribution is 2.30. The van der Waals surface area contributed by atoms with E-state index in [1.165, 1.54) is 57.8 Å². The standard InChI is InChI=1S/C20H35N3O2/c24-19(21-16-10-4-1-5-11-16)22-20(25)23(17-12-6-2-7-13-17)18-14-8-3-9-15-18/h16-18H,1-15H2,(H2,21,22,24,25). The molecule has 2 N–H and O–H groups in total. The summed E-state index contributed by atoms with van der Waals surface area (Å²) in [5.41, 5.74) is 0. The van der Waals surface area contributed by atoms with Gasteiger partial charge in [0.1, 0.15) is 0 Å². The van der Waals surface area contributed by atoms with Gasteiger partial charge in [-0.05, 0) is 38.5 Å². The number of carbonyl (C=O) groups excluding carboxylic acids is 2. The van der Waals surface area contributed by atoms with Crippen LogP contribution < -0.4 is 10.6 Å². The molecule has 4 amide bonds. The van der Waals surface area contributed by atoms with Crippen molar-refractivity contribution in [3.05, 3.63) is 0 Å². The van der Waals surface area contributed by atoms with Gasteiger partial charge < -0.3 is 10.2 Å². The van der Waals surface area contributed by atoms with Gasteiger partial charge in [-0.1, -0.05) is 57.8 Å². The molecule has 3 saturated carbocycles. The van der Waals surface area contributed by atoms with E-state index in [-0.39, 0.29) is 18.1 Å². The van der Waals surface area contributed by atoms with E-state index in [9.17, 15) is 9.59 Å². The molecule has 0 aromatic carbocycles. The average Bonchev–Trinajstić information content (AvgIpc) is 2.64. The molecule has 3 fully saturated rings. The topological polar surface area (TPSA) is 61.4 Å². The third kappa shape index (κ3) is 5.35. The van der Waals surface area contributed by atoms with E-state index in [0.717, 1.165) is 38.5 Å². The van der Waals surface area contributed by atoms with Gasteiger partial charge in [0.2, 0.25) is 0 Å². The quantitative estimate of drug-likeness (QED) is 0.775. The second-order valence-corrected chi connectivity index (χ2v) is 8.23. The van der Waals surface area contributed by atoms with E-state index in [1.807, 2.05) is 0 Å². The van der Waals surface area contributed by atoms with Gasteiger partial charge >= 0.3 is 12.1 Å². The first-order chi connectivity index (χ1) is 12.2. The molecule has 0 unspecified atom stereocenters. The van der Waals surface area contributed by atoms with Crippen molar-refractivity contribution < 1.29 is 9.59 Å². The first kappa shape index (κ1) is 18.5. The smallest absolute Gasteiger partial charge is 0.325 e. The number of nitrogens with zero attached hydrogens (tertiary/aromatic N) is 1. The van der Waals surface area contributed by atoms with E-state index in [4.69, 9.17) is 0 Å². The molecule has 0 saturated heterocycles. The van der Waals surface area contributed by atoms with Gasteiger partial charge in [-0.25, -0.2) is 9.59 Å². The maximum absolute atomic E-state index is 12.9. The zero-order valence-corrected chi connectivity index (χ0v) is 15.6. The summed E-state index contributed by atoms with van der Waals surface area (Å²) in [5, 5.41) is 5.67. The molecule has 0 aliphatic heterocycles. The zero-order valence-electron chi connectivity index (χ0n) is 15.6. The summed E-state index contributed by atoms with van der Waals surface area (Å²) in [5.74, 6) is 0. The molecule has 25 heavy (non-hydrogen) atoms. The van der Waals surface area contributed by atoms with Gasteiger partial charge in [-0.3, -0.25) is 5.32 Å². The number of hydrogen-bond donors (Lipinski definition) is 2. The molecule has 0 bridgehead atoms. The van der Waals surface area contributed by atoms with Crippen LogP contribution in [0.15, 0.2) is 0 Å². The third-order valence-corrected chi connectivity index (χ3v) is 6.33. The van der Waals surface area contributed by atoms with Gasteiger partial charge in [0.25, 0.3) is 0 Å². The number of carbonyl (C=O) groups is 2. The zero-order chi connectivity index (χ0) is 17.5. The van der Waals surface area contributed by atoms with Crippen molar-refractivity contribution >= 4 is 12.1 Å². The third-order valence-electron chi connectivity index (χ3n) is 6.33. The summed E-state index contributed by atoms with van der Waals surface area (Å²) in [6, 6.07) is 0.415. The molecule has 0 radical (unpaired) electrons. The number of urea groups is 2. The Balaban J connectivity index is 1.58. The lowest BCUT2D eigenvalue weighted by molar-refractivity contribution is 0.106. The molecule has 3 rings (SSSR count). The predicted molar refractivity (Wildman–Crippen MR) is 99.5 cm³/mol. The fourth-order valence-corrected chi connectivity index (χ4v) is 4.98. The number of amides is 4. The first-order valence-corrected chi connectivity index (χ1v) is 10.6. The van der Waals surface area contributed by atoms with Crippen LogP contribution in [0.25, 0.3) is 0 Å². The average molecular weight is 350 g/mol. The molecule has 5 heteroatoms. The molecule has 5 nitrogen and oxygen atoms in total. The van der Waals surface area contributed by atoms with Crippen LogP contribution in [0.5, 0.6) is 0 Å². The minimum Gasteiger partial charge on any atom is -0.335 e. The molecule has 0 heterocycles. The Labute approximate surface area is 152 Å². The van der Waals surface area contributed by atoms with Gasteiger partial charge in [0, 0.05) is 18.1 Å². The van der Waals surface area contributed by atoms with Crippen molar-refractivity contribution in [2.75, 3.05) is 0 Å². The summed E-state index contributed by atoms with van der Waals surface area (Å²) >= 11 is 0. The normalized spacial score (nSPS) is 23.8. The highest BCUT2D eigenvalue weighted by atomic mass is 16.2. The van der Waals surface area contributed by atoms with Crippen LogP contribution in [0.2, 0.25) is 0 Å². The van der Waals surface area contributed by atoms with Crippen molar-refractivity contribution in [3.8, 4) is 0 Å². The van der Waals surface area contributed by atoms with Gasteiger partial charge in [-0.15, -0.1) is 0 Å². The molecule has 0 aromatic heterocycles. The number of hydrogen-bond acceptors (Lipinski definition) is 2. The minimum absolute atomic E-state index is 0.160. The highest BCUT2D eigenvalue weighted by molar-refractivity contribution is 5.93. The molecular weight excluding hydrogens is 314 g/mol. The fraction of sp³-hybridized carbons (Fsp3) is 0.900. The number of rotatable bonds is 3. The maximum atomic E-state index is 12.9. The van der Waals surface area contributed by atoms with E-state index in [1.54, 1.807) is 0 Å². The Morgan fingerprint density at radius 3 is 1.56 bits per heavy atom. The Kier molecular flexibility index (Phi) is 7.00. The first-order valence-electron chi connectivity index (χ1n) is 10.6. The molecule has 3 aliphatic rings. The second-order valence-electron chi connectivity index (χ2n) is 8.23. The van der Waals surface area contributed by atoms with Crippen LogP contribution in [0.4, 0.5) is 9.59 Å². The molecule has 0 aromatic rings. The van der Waals surface area contributed by atoms with Crippen molar-refractivity contribution in [1.82, 2.24) is 15.5 Å². The Bertz CT molecular complexity index is 418. The second kappa shape index (κ2) is 9.44.